The van der Waals surface area contributed by atoms with E-state index in [0.29, 0.717) is 0 Å². The van der Waals surface area contributed by atoms with Gasteiger partial charge in [0.15, 0.2) is 0 Å². The molecule has 0 bridgehead atoms. The van der Waals surface area contributed by atoms with E-state index in [0.717, 1.165) is 17.0 Å². The van der Waals surface area contributed by atoms with Gasteiger partial charge in [0.1, 0.15) is 11.4 Å². The minimum Gasteiger partial charge on any atom is -0.508 e. The Hall–Kier alpha value is -2.82. The van der Waals surface area contributed by atoms with Crippen LogP contribution in [-0.4, -0.2) is 27.4 Å². The predicted octanol–water partition coefficient (Wildman–Crippen LogP) is 2.25. The van der Waals surface area contributed by atoms with E-state index < -0.39 is 0 Å². The number of fused-ring (bicyclic) bond motifs is 1. The number of carbonyl (C=O) groups excluding carboxylic acids is 1. The van der Waals surface area contributed by atoms with E-state index in [1.807, 2.05) is 35.0 Å². The molecular weight excluding hydrogens is 266 g/mol. The zero-order chi connectivity index (χ0) is 14.8. The summed E-state index contributed by atoms with van der Waals surface area (Å²) in [5.74, 6) is 0.129. The zero-order valence-electron chi connectivity index (χ0n) is 11.6. The van der Waals surface area contributed by atoms with Crippen molar-refractivity contribution in [3.63, 3.8) is 0 Å². The van der Waals surface area contributed by atoms with Gasteiger partial charge in [0.25, 0.3) is 0 Å². The Labute approximate surface area is 122 Å². The number of carbonyl (C=O) groups is 1. The summed E-state index contributed by atoms with van der Waals surface area (Å²) in [6.07, 6.45) is 4.00. The molecular formula is C16H15N3O2. The van der Waals surface area contributed by atoms with Crippen molar-refractivity contribution in [2.24, 2.45) is 0 Å². The molecule has 0 fully saturated rings. The van der Waals surface area contributed by atoms with Gasteiger partial charge in [-0.15, -0.1) is 0 Å². The molecule has 1 amide bonds. The van der Waals surface area contributed by atoms with Crippen molar-refractivity contribution in [2.75, 3.05) is 11.9 Å². The number of pyridine rings is 1. The number of anilines is 1. The standard InChI is InChI=1S/C16H15N3O2/c1-18(13-5-7-14(20)8-6-13)16(21)10-12-11-19-9-3-2-4-15(19)17-12/h2-9,11,20H,10H2,1H3. The summed E-state index contributed by atoms with van der Waals surface area (Å²) in [5.41, 5.74) is 2.30. The van der Waals surface area contributed by atoms with Crippen molar-refractivity contribution in [3.8, 4) is 5.75 Å². The fraction of sp³-hybridized carbons (Fsp3) is 0.125. The van der Waals surface area contributed by atoms with Crippen molar-refractivity contribution >= 4 is 17.2 Å². The molecule has 1 N–H and O–H groups in total. The monoisotopic (exact) mass is 281 g/mol. The Morgan fingerprint density at radius 1 is 1.24 bits per heavy atom. The van der Waals surface area contributed by atoms with Crippen molar-refractivity contribution in [1.29, 1.82) is 0 Å². The van der Waals surface area contributed by atoms with Crippen LogP contribution in [0.3, 0.4) is 0 Å². The van der Waals surface area contributed by atoms with Crippen molar-refractivity contribution in [3.05, 3.63) is 60.6 Å². The minimum atomic E-state index is -0.0518. The smallest absolute Gasteiger partial charge is 0.232 e. The molecule has 2 aromatic heterocycles. The molecule has 0 atom stereocenters. The van der Waals surface area contributed by atoms with Crippen LogP contribution < -0.4 is 4.90 Å². The summed E-state index contributed by atoms with van der Waals surface area (Å²) in [6, 6.07) is 12.3. The number of imidazole rings is 1. The minimum absolute atomic E-state index is 0.0518. The van der Waals surface area contributed by atoms with E-state index in [1.54, 1.807) is 36.2 Å². The van der Waals surface area contributed by atoms with Crippen LogP contribution in [0.25, 0.3) is 5.65 Å². The number of phenolic OH excluding ortho intramolecular Hbond substituents is 1. The van der Waals surface area contributed by atoms with Crippen LogP contribution in [0.15, 0.2) is 54.9 Å². The molecule has 3 aromatic rings. The summed E-state index contributed by atoms with van der Waals surface area (Å²) in [5, 5.41) is 9.28. The van der Waals surface area contributed by atoms with Crippen LogP contribution in [0.2, 0.25) is 0 Å². The maximum Gasteiger partial charge on any atom is 0.232 e. The van der Waals surface area contributed by atoms with Gasteiger partial charge >= 0.3 is 0 Å². The largest absolute Gasteiger partial charge is 0.508 e. The first-order chi connectivity index (χ1) is 10.1. The fourth-order valence-corrected chi connectivity index (χ4v) is 2.17. The SMILES string of the molecule is CN(C(=O)Cc1cn2ccccc2n1)c1ccc(O)cc1. The van der Waals surface area contributed by atoms with Crippen LogP contribution in [0, 0.1) is 0 Å². The highest BCUT2D eigenvalue weighted by Crippen LogP contribution is 2.18. The zero-order valence-corrected chi connectivity index (χ0v) is 11.6. The summed E-state index contributed by atoms with van der Waals surface area (Å²) in [7, 11) is 1.71. The Morgan fingerprint density at radius 2 is 2.00 bits per heavy atom. The summed E-state index contributed by atoms with van der Waals surface area (Å²) >= 11 is 0. The van der Waals surface area contributed by atoms with E-state index in [-0.39, 0.29) is 18.1 Å². The highest BCUT2D eigenvalue weighted by atomic mass is 16.3. The summed E-state index contributed by atoms with van der Waals surface area (Å²) < 4.78 is 1.89. The first kappa shape index (κ1) is 13.2. The second kappa shape index (κ2) is 5.28. The maximum atomic E-state index is 12.3. The van der Waals surface area contributed by atoms with Gasteiger partial charge in [0.2, 0.25) is 5.91 Å². The first-order valence-electron chi connectivity index (χ1n) is 6.62. The van der Waals surface area contributed by atoms with E-state index in [4.69, 9.17) is 0 Å². The van der Waals surface area contributed by atoms with E-state index >= 15 is 0 Å². The van der Waals surface area contributed by atoms with Gasteiger partial charge in [-0.05, 0) is 36.4 Å². The summed E-state index contributed by atoms with van der Waals surface area (Å²) in [6.45, 7) is 0. The van der Waals surface area contributed by atoms with Crippen molar-refractivity contribution in [2.45, 2.75) is 6.42 Å². The Kier molecular flexibility index (Phi) is 3.31. The first-order valence-corrected chi connectivity index (χ1v) is 6.62. The second-order valence-corrected chi connectivity index (χ2v) is 4.84. The Bertz CT molecular complexity index is 745. The second-order valence-electron chi connectivity index (χ2n) is 4.84. The number of amides is 1. The molecule has 0 aliphatic rings. The van der Waals surface area contributed by atoms with Gasteiger partial charge in [-0.1, -0.05) is 6.07 Å². The predicted molar refractivity (Wildman–Crippen MR) is 80.4 cm³/mol. The quantitative estimate of drug-likeness (QED) is 0.801. The summed E-state index contributed by atoms with van der Waals surface area (Å²) in [4.78, 5) is 18.3. The number of rotatable bonds is 3. The number of likely N-dealkylation sites (N-methyl/N-ethyl adjacent to an activating group) is 1. The molecule has 0 radical (unpaired) electrons. The number of aromatic nitrogens is 2. The molecule has 0 aliphatic carbocycles. The molecule has 5 nitrogen and oxygen atoms in total. The third-order valence-corrected chi connectivity index (χ3v) is 3.36. The van der Waals surface area contributed by atoms with Gasteiger partial charge in [-0.25, -0.2) is 4.98 Å². The van der Waals surface area contributed by atoms with Crippen LogP contribution in [-0.2, 0) is 11.2 Å². The molecule has 106 valence electrons. The van der Waals surface area contributed by atoms with E-state index in [2.05, 4.69) is 4.98 Å². The van der Waals surface area contributed by atoms with Crippen molar-refractivity contribution < 1.29 is 9.90 Å². The van der Waals surface area contributed by atoms with Crippen LogP contribution in [0.1, 0.15) is 5.69 Å². The van der Waals surface area contributed by atoms with Crippen LogP contribution >= 0.6 is 0 Å². The molecule has 0 aliphatic heterocycles. The van der Waals surface area contributed by atoms with Gasteiger partial charge in [0, 0.05) is 25.1 Å². The number of aromatic hydroxyl groups is 1. The highest BCUT2D eigenvalue weighted by molar-refractivity contribution is 5.94. The lowest BCUT2D eigenvalue weighted by molar-refractivity contribution is -0.117. The lowest BCUT2D eigenvalue weighted by atomic mass is 10.2. The molecule has 21 heavy (non-hydrogen) atoms. The average molecular weight is 281 g/mol. The van der Waals surface area contributed by atoms with Gasteiger partial charge in [0.05, 0.1) is 12.1 Å². The fourth-order valence-electron chi connectivity index (χ4n) is 2.17. The maximum absolute atomic E-state index is 12.3. The number of phenols is 1. The van der Waals surface area contributed by atoms with E-state index in [9.17, 15) is 9.90 Å². The van der Waals surface area contributed by atoms with E-state index in [1.165, 1.54) is 0 Å². The molecule has 0 spiro atoms. The van der Waals surface area contributed by atoms with Gasteiger partial charge in [-0.3, -0.25) is 4.79 Å². The third kappa shape index (κ3) is 2.72. The normalized spacial score (nSPS) is 10.7. The molecule has 2 heterocycles. The molecule has 1 aromatic carbocycles. The topological polar surface area (TPSA) is 57.8 Å². The highest BCUT2D eigenvalue weighted by Gasteiger charge is 2.13. The van der Waals surface area contributed by atoms with Gasteiger partial charge < -0.3 is 14.4 Å². The molecule has 5 heteroatoms. The van der Waals surface area contributed by atoms with Gasteiger partial charge in [-0.2, -0.15) is 0 Å². The molecule has 0 unspecified atom stereocenters. The molecule has 3 rings (SSSR count). The lowest BCUT2D eigenvalue weighted by Crippen LogP contribution is -2.27. The van der Waals surface area contributed by atoms with Crippen molar-refractivity contribution in [1.82, 2.24) is 9.38 Å². The van der Waals surface area contributed by atoms with Crippen LogP contribution in [0.5, 0.6) is 5.75 Å². The van der Waals surface area contributed by atoms with Crippen LogP contribution in [0.4, 0.5) is 5.69 Å². The number of hydrogen-bond donors (Lipinski definition) is 1. The average Bonchev–Trinajstić information content (AvgIpc) is 2.89. The number of hydrogen-bond acceptors (Lipinski definition) is 3. The molecule has 0 saturated heterocycles. The molecule has 0 saturated carbocycles. The third-order valence-electron chi connectivity index (χ3n) is 3.36. The lowest BCUT2D eigenvalue weighted by Gasteiger charge is -2.16. The number of benzene rings is 1. The Balaban J connectivity index is 1.77. The number of nitrogens with zero attached hydrogens (tertiary/aromatic N) is 3. The Morgan fingerprint density at radius 3 is 2.71 bits per heavy atom.